The zero-order valence-corrected chi connectivity index (χ0v) is 20.6. The molecule has 0 atom stereocenters. The Morgan fingerprint density at radius 1 is 0.973 bits per heavy atom. The summed E-state index contributed by atoms with van der Waals surface area (Å²) < 4.78 is 1.68. The molecule has 1 fully saturated rings. The van der Waals surface area contributed by atoms with E-state index in [4.69, 9.17) is 0 Å². The molecule has 1 aliphatic rings. The number of carbonyl (C=O) groups excluding carboxylic acids is 2. The molecule has 2 aromatic carbocycles. The van der Waals surface area contributed by atoms with Crippen molar-refractivity contribution in [3.63, 3.8) is 0 Å². The highest BCUT2D eigenvalue weighted by molar-refractivity contribution is 5.95. The van der Waals surface area contributed by atoms with E-state index >= 15 is 0 Å². The molecule has 1 aliphatic heterocycles. The van der Waals surface area contributed by atoms with Crippen molar-refractivity contribution in [3.05, 3.63) is 94.4 Å². The minimum absolute atomic E-state index is 0.0215. The normalized spacial score (nSPS) is 13.9. The third-order valence-electron chi connectivity index (χ3n) is 6.55. The molecule has 2 amide bonds. The van der Waals surface area contributed by atoms with E-state index in [2.05, 4.69) is 20.6 Å². The quantitative estimate of drug-likeness (QED) is 0.393. The van der Waals surface area contributed by atoms with Gasteiger partial charge in [0.05, 0.1) is 6.54 Å². The van der Waals surface area contributed by atoms with Crippen molar-refractivity contribution in [1.29, 1.82) is 0 Å². The monoisotopic (exact) mass is 496 g/mol. The lowest BCUT2D eigenvalue weighted by Crippen LogP contribution is -2.47. The lowest BCUT2D eigenvalue weighted by molar-refractivity contribution is 0.101. The summed E-state index contributed by atoms with van der Waals surface area (Å²) in [7, 11) is 0. The van der Waals surface area contributed by atoms with Crippen molar-refractivity contribution in [3.8, 4) is 0 Å². The van der Waals surface area contributed by atoms with E-state index in [1.807, 2.05) is 47.4 Å². The third-order valence-corrected chi connectivity index (χ3v) is 6.55. The number of amides is 2. The highest BCUT2D eigenvalue weighted by Gasteiger charge is 2.25. The van der Waals surface area contributed by atoms with Crippen molar-refractivity contribution in [1.82, 2.24) is 19.9 Å². The van der Waals surface area contributed by atoms with Crippen molar-refractivity contribution >= 4 is 34.5 Å². The van der Waals surface area contributed by atoms with Gasteiger partial charge in [-0.3, -0.25) is 14.2 Å². The smallest absolute Gasteiger partial charge is 0.319 e. The number of fused-ring (bicyclic) bond motifs is 1. The standard InChI is InChI=1S/C28H28N6O3/c1-19(35)21-9-11-22(12-10-21)30-28(37)31-23-13-16-33(17-14-23)26-27(36)34(18-20-6-3-2-4-7-20)25-24(32-26)8-5-15-29-25/h2-12,15,23H,13-14,16-18H2,1H3,(H2,30,31,37). The fourth-order valence-corrected chi connectivity index (χ4v) is 4.56. The highest BCUT2D eigenvalue weighted by Crippen LogP contribution is 2.19. The van der Waals surface area contributed by atoms with Crippen LogP contribution in [0, 0.1) is 0 Å². The fraction of sp³-hybridized carbons (Fsp3) is 0.250. The Bertz CT molecular complexity index is 1480. The average molecular weight is 497 g/mol. The zero-order valence-electron chi connectivity index (χ0n) is 20.6. The topological polar surface area (TPSA) is 109 Å². The van der Waals surface area contributed by atoms with Gasteiger partial charge in [0.25, 0.3) is 5.56 Å². The van der Waals surface area contributed by atoms with Gasteiger partial charge in [-0.25, -0.2) is 14.8 Å². The van der Waals surface area contributed by atoms with Gasteiger partial charge >= 0.3 is 6.03 Å². The highest BCUT2D eigenvalue weighted by atomic mass is 16.2. The van der Waals surface area contributed by atoms with Crippen LogP contribution in [0.2, 0.25) is 0 Å². The van der Waals surface area contributed by atoms with E-state index in [9.17, 15) is 14.4 Å². The lowest BCUT2D eigenvalue weighted by atomic mass is 10.1. The Morgan fingerprint density at radius 2 is 1.70 bits per heavy atom. The van der Waals surface area contributed by atoms with Gasteiger partial charge in [-0.1, -0.05) is 30.3 Å². The molecule has 0 radical (unpaired) electrons. The van der Waals surface area contributed by atoms with Crippen molar-refractivity contribution in [2.45, 2.75) is 32.4 Å². The number of benzene rings is 2. The number of carbonyl (C=O) groups is 2. The van der Waals surface area contributed by atoms with Crippen LogP contribution in [0.25, 0.3) is 11.2 Å². The number of Topliss-reactive ketones (excluding diaryl/α,β-unsaturated/α-hetero) is 1. The zero-order chi connectivity index (χ0) is 25.8. The predicted octanol–water partition coefficient (Wildman–Crippen LogP) is 3.83. The molecule has 2 aromatic heterocycles. The van der Waals surface area contributed by atoms with E-state index in [-0.39, 0.29) is 23.4 Å². The number of pyridine rings is 1. The number of nitrogens with one attached hydrogen (secondary N) is 2. The van der Waals surface area contributed by atoms with Gasteiger partial charge in [-0.05, 0) is 61.7 Å². The fourth-order valence-electron chi connectivity index (χ4n) is 4.56. The van der Waals surface area contributed by atoms with Crippen LogP contribution in [-0.4, -0.2) is 45.5 Å². The first kappa shape index (κ1) is 24.2. The number of rotatable bonds is 6. The van der Waals surface area contributed by atoms with E-state index in [1.165, 1.54) is 6.92 Å². The first-order valence-electron chi connectivity index (χ1n) is 12.3. The van der Waals surface area contributed by atoms with Crippen LogP contribution >= 0.6 is 0 Å². The Balaban J connectivity index is 1.26. The van der Waals surface area contributed by atoms with Crippen LogP contribution in [0.4, 0.5) is 16.3 Å². The van der Waals surface area contributed by atoms with Gasteiger partial charge < -0.3 is 15.5 Å². The summed E-state index contributed by atoms with van der Waals surface area (Å²) in [4.78, 5) is 48.5. The number of anilines is 2. The Hall–Kier alpha value is -4.53. The molecule has 0 spiro atoms. The molecule has 9 heteroatoms. The van der Waals surface area contributed by atoms with E-state index in [0.717, 1.165) is 5.56 Å². The number of urea groups is 1. The summed E-state index contributed by atoms with van der Waals surface area (Å²) in [6.07, 6.45) is 3.04. The summed E-state index contributed by atoms with van der Waals surface area (Å²) in [5.41, 5.74) is 3.28. The van der Waals surface area contributed by atoms with Crippen LogP contribution in [-0.2, 0) is 6.54 Å². The molecule has 1 saturated heterocycles. The molecule has 0 unspecified atom stereocenters. The molecule has 5 rings (SSSR count). The predicted molar refractivity (Wildman–Crippen MR) is 143 cm³/mol. The molecule has 188 valence electrons. The Kier molecular flexibility index (Phi) is 6.93. The summed E-state index contributed by atoms with van der Waals surface area (Å²) in [5.74, 6) is 0.386. The number of piperidine rings is 1. The third kappa shape index (κ3) is 5.50. The molecule has 0 bridgehead atoms. The molecule has 2 N–H and O–H groups in total. The SMILES string of the molecule is CC(=O)c1ccc(NC(=O)NC2CCN(c3nc4cccnc4n(Cc4ccccc4)c3=O)CC2)cc1. The number of nitrogens with zero attached hydrogens (tertiary/aromatic N) is 4. The minimum Gasteiger partial charge on any atom is -0.352 e. The summed E-state index contributed by atoms with van der Waals surface area (Å²) >= 11 is 0. The second kappa shape index (κ2) is 10.6. The molecular formula is C28H28N6O3. The molecule has 0 saturated carbocycles. The maximum Gasteiger partial charge on any atom is 0.319 e. The largest absolute Gasteiger partial charge is 0.352 e. The molecule has 3 heterocycles. The number of aromatic nitrogens is 3. The molecule has 37 heavy (non-hydrogen) atoms. The van der Waals surface area contributed by atoms with E-state index in [1.54, 1.807) is 35.0 Å². The summed E-state index contributed by atoms with van der Waals surface area (Å²) in [5, 5.41) is 5.82. The van der Waals surface area contributed by atoms with Crippen molar-refractivity contribution < 1.29 is 9.59 Å². The molecule has 9 nitrogen and oxygen atoms in total. The second-order valence-electron chi connectivity index (χ2n) is 9.15. The average Bonchev–Trinajstić information content (AvgIpc) is 2.91. The van der Waals surface area contributed by atoms with Crippen LogP contribution < -0.4 is 21.1 Å². The maximum atomic E-state index is 13.5. The van der Waals surface area contributed by atoms with Gasteiger partial charge in [0.1, 0.15) is 5.52 Å². The van der Waals surface area contributed by atoms with Crippen LogP contribution in [0.15, 0.2) is 77.7 Å². The number of hydrogen-bond acceptors (Lipinski definition) is 6. The van der Waals surface area contributed by atoms with Gasteiger partial charge in [-0.2, -0.15) is 0 Å². The van der Waals surface area contributed by atoms with E-state index < -0.39 is 0 Å². The van der Waals surface area contributed by atoms with E-state index in [0.29, 0.717) is 60.7 Å². The van der Waals surface area contributed by atoms with Gasteiger partial charge in [0, 0.05) is 36.6 Å². The second-order valence-corrected chi connectivity index (χ2v) is 9.15. The maximum absolute atomic E-state index is 13.5. The first-order chi connectivity index (χ1) is 18.0. The number of ketones is 1. The van der Waals surface area contributed by atoms with Crippen molar-refractivity contribution in [2.75, 3.05) is 23.3 Å². The van der Waals surface area contributed by atoms with Gasteiger partial charge in [0.2, 0.25) is 0 Å². The van der Waals surface area contributed by atoms with Crippen molar-refractivity contribution in [2.24, 2.45) is 0 Å². The molecule has 0 aliphatic carbocycles. The summed E-state index contributed by atoms with van der Waals surface area (Å²) in [6, 6.07) is 20.0. The molecular weight excluding hydrogens is 468 g/mol. The van der Waals surface area contributed by atoms with Gasteiger partial charge in [-0.15, -0.1) is 0 Å². The number of hydrogen-bond donors (Lipinski definition) is 2. The Morgan fingerprint density at radius 3 is 2.41 bits per heavy atom. The summed E-state index contributed by atoms with van der Waals surface area (Å²) in [6.45, 7) is 3.11. The molecule has 4 aromatic rings. The Labute approximate surface area is 214 Å². The first-order valence-corrected chi connectivity index (χ1v) is 12.3. The lowest BCUT2D eigenvalue weighted by Gasteiger charge is -2.33. The van der Waals surface area contributed by atoms with Crippen LogP contribution in [0.1, 0.15) is 35.7 Å². The van der Waals surface area contributed by atoms with Gasteiger partial charge in [0.15, 0.2) is 17.2 Å². The van der Waals surface area contributed by atoms with Crippen LogP contribution in [0.5, 0.6) is 0 Å². The van der Waals surface area contributed by atoms with Crippen LogP contribution in [0.3, 0.4) is 0 Å². The minimum atomic E-state index is -0.297.